The van der Waals surface area contributed by atoms with Crippen LogP contribution in [0.2, 0.25) is 0 Å². The van der Waals surface area contributed by atoms with Crippen LogP contribution in [0.25, 0.3) is 78.9 Å². The fraction of sp³-hybridized carbons (Fsp3) is 0.111. The zero-order valence-electron chi connectivity index (χ0n) is 32.0. The van der Waals surface area contributed by atoms with Gasteiger partial charge < -0.3 is 4.42 Å². The quantitative estimate of drug-likeness (QED) is 0.150. The van der Waals surface area contributed by atoms with Crippen molar-refractivity contribution in [3.8, 4) is 33.4 Å². The molecule has 1 nitrogen and oxygen atoms in total. The van der Waals surface area contributed by atoms with Crippen molar-refractivity contribution in [3.63, 3.8) is 0 Å². The van der Waals surface area contributed by atoms with Crippen molar-refractivity contribution in [2.45, 2.75) is 39.5 Å². The molecule has 8 aromatic rings. The SMILES string of the molecule is C=Cc1oc2ccc(-c3ccc(CC(=Cc4ccc(-c5ccccc5)cc4)c4ccc5c(c4)C(C)(C)c4ccccc4-5)cc3)c3cccc(c(=CC)c1C)c23. The average molecular weight is 709 g/mol. The molecule has 0 saturated heterocycles. The molecule has 0 N–H and O–H groups in total. The van der Waals surface area contributed by atoms with E-state index >= 15 is 0 Å². The maximum atomic E-state index is 6.47. The van der Waals surface area contributed by atoms with E-state index in [0.29, 0.717) is 0 Å². The summed E-state index contributed by atoms with van der Waals surface area (Å²) in [5.41, 5.74) is 17.2. The Kier molecular flexibility index (Phi) is 8.59. The van der Waals surface area contributed by atoms with Crippen LogP contribution < -0.4 is 5.22 Å². The van der Waals surface area contributed by atoms with Gasteiger partial charge in [0.1, 0.15) is 11.3 Å². The summed E-state index contributed by atoms with van der Waals surface area (Å²) in [5.74, 6) is 0.801. The summed E-state index contributed by atoms with van der Waals surface area (Å²) in [6, 6.07) is 55.6. The van der Waals surface area contributed by atoms with Gasteiger partial charge in [-0.25, -0.2) is 0 Å². The van der Waals surface area contributed by atoms with Gasteiger partial charge in [0.2, 0.25) is 0 Å². The third kappa shape index (κ3) is 5.97. The van der Waals surface area contributed by atoms with E-state index in [0.717, 1.165) is 28.7 Å². The van der Waals surface area contributed by atoms with Gasteiger partial charge in [-0.05, 0) is 127 Å². The molecule has 266 valence electrons. The summed E-state index contributed by atoms with van der Waals surface area (Å²) in [5, 5.41) is 4.69. The molecule has 1 aliphatic carbocycles. The van der Waals surface area contributed by atoms with Crippen LogP contribution in [0.3, 0.4) is 0 Å². The van der Waals surface area contributed by atoms with Crippen molar-refractivity contribution in [3.05, 3.63) is 203 Å². The number of fused-ring (bicyclic) bond motifs is 3. The maximum Gasteiger partial charge on any atom is 0.135 e. The third-order valence-corrected chi connectivity index (χ3v) is 11.7. The van der Waals surface area contributed by atoms with E-state index in [2.05, 4.69) is 198 Å². The Balaban J connectivity index is 1.11. The Bertz CT molecular complexity index is 2860. The molecule has 1 heterocycles. The molecular weight excluding hydrogens is 665 g/mol. The predicted molar refractivity (Wildman–Crippen MR) is 236 cm³/mol. The van der Waals surface area contributed by atoms with Gasteiger partial charge in [0, 0.05) is 10.8 Å². The van der Waals surface area contributed by atoms with Gasteiger partial charge in [0.05, 0.1) is 0 Å². The number of hydrogen-bond donors (Lipinski definition) is 0. The van der Waals surface area contributed by atoms with E-state index in [-0.39, 0.29) is 5.41 Å². The molecule has 9 rings (SSSR count). The summed E-state index contributed by atoms with van der Waals surface area (Å²) in [6.45, 7) is 13.0. The standard InChI is InChI=1S/C54H44O/c1-6-43-35(3)51(7-2)55-52-31-30-44(48-18-13-17-47(43)53(48)52)40-26-22-37(23-27-40)33-42(32-36-20-24-39(25-21-36)38-14-9-8-10-15-38)41-28-29-46-45-16-11-12-19-49(45)54(4,5)50(46)34-41/h6-32,34H,2,33H2,1,3-5H3. The van der Waals surface area contributed by atoms with E-state index in [1.54, 1.807) is 0 Å². The van der Waals surface area contributed by atoms with Gasteiger partial charge in [-0.15, -0.1) is 0 Å². The Morgan fingerprint density at radius 1 is 0.636 bits per heavy atom. The molecule has 0 spiro atoms. The molecule has 0 unspecified atom stereocenters. The number of allylic oxidation sites excluding steroid dienone is 1. The van der Waals surface area contributed by atoms with Crippen LogP contribution in [0.1, 0.15) is 59.9 Å². The van der Waals surface area contributed by atoms with Crippen molar-refractivity contribution in [1.29, 1.82) is 0 Å². The van der Waals surface area contributed by atoms with Crippen LogP contribution in [-0.2, 0) is 11.8 Å². The zero-order valence-corrected chi connectivity index (χ0v) is 32.0. The molecule has 1 aromatic heterocycles. The fourth-order valence-corrected chi connectivity index (χ4v) is 8.80. The lowest BCUT2D eigenvalue weighted by atomic mass is 9.81. The van der Waals surface area contributed by atoms with E-state index in [1.165, 1.54) is 82.8 Å². The van der Waals surface area contributed by atoms with Crippen LogP contribution in [0.4, 0.5) is 0 Å². The van der Waals surface area contributed by atoms with E-state index in [1.807, 2.05) is 6.08 Å². The van der Waals surface area contributed by atoms with Crippen LogP contribution in [0.15, 0.2) is 163 Å². The molecule has 0 bridgehead atoms. The molecule has 55 heavy (non-hydrogen) atoms. The van der Waals surface area contributed by atoms with E-state index in [9.17, 15) is 0 Å². The number of benzene rings is 7. The first kappa shape index (κ1) is 34.3. The average Bonchev–Trinajstić information content (AvgIpc) is 3.38. The second kappa shape index (κ2) is 13.8. The molecule has 1 heteroatoms. The van der Waals surface area contributed by atoms with Gasteiger partial charge in [0.15, 0.2) is 0 Å². The van der Waals surface area contributed by atoms with Crippen LogP contribution in [0, 0.1) is 6.92 Å². The molecule has 0 saturated carbocycles. The van der Waals surface area contributed by atoms with Crippen molar-refractivity contribution in [2.75, 3.05) is 0 Å². The Hall–Kier alpha value is -6.44. The van der Waals surface area contributed by atoms with E-state index in [4.69, 9.17) is 4.42 Å². The fourth-order valence-electron chi connectivity index (χ4n) is 8.80. The van der Waals surface area contributed by atoms with Gasteiger partial charge in [-0.2, -0.15) is 0 Å². The summed E-state index contributed by atoms with van der Waals surface area (Å²) >= 11 is 0. The van der Waals surface area contributed by atoms with E-state index < -0.39 is 0 Å². The van der Waals surface area contributed by atoms with Crippen molar-refractivity contribution >= 4 is 45.5 Å². The van der Waals surface area contributed by atoms with Crippen LogP contribution in [0.5, 0.6) is 0 Å². The second-order valence-corrected chi connectivity index (χ2v) is 15.3. The molecule has 7 aromatic carbocycles. The monoisotopic (exact) mass is 708 g/mol. The minimum atomic E-state index is -0.0650. The lowest BCUT2D eigenvalue weighted by Gasteiger charge is -2.22. The largest absolute Gasteiger partial charge is 0.456 e. The maximum absolute atomic E-state index is 6.47. The minimum Gasteiger partial charge on any atom is -0.456 e. The topological polar surface area (TPSA) is 13.1 Å². The predicted octanol–water partition coefficient (Wildman–Crippen LogP) is 14.0. The molecular formula is C54H44O. The molecule has 0 radical (unpaired) electrons. The zero-order chi connectivity index (χ0) is 37.7. The summed E-state index contributed by atoms with van der Waals surface area (Å²) in [6.07, 6.45) is 7.18. The van der Waals surface area contributed by atoms with Crippen LogP contribution in [-0.4, -0.2) is 0 Å². The van der Waals surface area contributed by atoms with Crippen molar-refractivity contribution in [1.82, 2.24) is 0 Å². The van der Waals surface area contributed by atoms with Gasteiger partial charge >= 0.3 is 0 Å². The first-order valence-corrected chi connectivity index (χ1v) is 19.3. The first-order valence-electron chi connectivity index (χ1n) is 19.3. The molecule has 1 aliphatic rings. The lowest BCUT2D eigenvalue weighted by Crippen LogP contribution is -2.15. The van der Waals surface area contributed by atoms with Gasteiger partial charge in [-0.3, -0.25) is 0 Å². The second-order valence-electron chi connectivity index (χ2n) is 15.3. The highest BCUT2D eigenvalue weighted by Crippen LogP contribution is 2.49. The van der Waals surface area contributed by atoms with Gasteiger partial charge in [0.25, 0.3) is 0 Å². The van der Waals surface area contributed by atoms with Crippen molar-refractivity contribution in [2.24, 2.45) is 0 Å². The summed E-state index contributed by atoms with van der Waals surface area (Å²) in [7, 11) is 0. The van der Waals surface area contributed by atoms with Crippen molar-refractivity contribution < 1.29 is 4.42 Å². The molecule has 0 amide bonds. The Morgan fingerprint density at radius 2 is 1.31 bits per heavy atom. The normalized spacial score (nSPS) is 13.6. The van der Waals surface area contributed by atoms with Crippen LogP contribution >= 0.6 is 0 Å². The first-order chi connectivity index (χ1) is 26.8. The van der Waals surface area contributed by atoms with Gasteiger partial charge in [-0.1, -0.05) is 172 Å². The number of rotatable bonds is 7. The molecule has 0 atom stereocenters. The smallest absolute Gasteiger partial charge is 0.135 e. The summed E-state index contributed by atoms with van der Waals surface area (Å²) in [4.78, 5) is 0. The summed E-state index contributed by atoms with van der Waals surface area (Å²) < 4.78 is 6.47. The third-order valence-electron chi connectivity index (χ3n) is 11.7. The highest BCUT2D eigenvalue weighted by atomic mass is 16.3. The molecule has 0 aliphatic heterocycles. The molecule has 0 fully saturated rings. The minimum absolute atomic E-state index is 0.0650. The Morgan fingerprint density at radius 3 is 2.07 bits per heavy atom. The highest BCUT2D eigenvalue weighted by molar-refractivity contribution is 6.13. The number of hydrogen-bond acceptors (Lipinski definition) is 1. The highest BCUT2D eigenvalue weighted by Gasteiger charge is 2.35. The Labute approximate surface area is 324 Å². The lowest BCUT2D eigenvalue weighted by molar-refractivity contribution is 0.591.